The molecule has 3 atom stereocenters. The summed E-state index contributed by atoms with van der Waals surface area (Å²) in [6.07, 6.45) is -9.93. The highest BCUT2D eigenvalue weighted by Gasteiger charge is 2.57. The van der Waals surface area contributed by atoms with Gasteiger partial charge in [0.05, 0.1) is 0 Å². The molecule has 2 aliphatic rings. The first-order chi connectivity index (χ1) is 10.4. The van der Waals surface area contributed by atoms with Crippen LogP contribution >= 0.6 is 0 Å². The van der Waals surface area contributed by atoms with Crippen LogP contribution in [0.1, 0.15) is 12.8 Å². The number of hydrogen-bond donors (Lipinski definition) is 2. The summed E-state index contributed by atoms with van der Waals surface area (Å²) < 4.78 is 78.0. The molecule has 3 unspecified atom stereocenters. The molecule has 0 aromatic rings. The highest BCUT2D eigenvalue weighted by molar-refractivity contribution is 5.80. The van der Waals surface area contributed by atoms with Crippen LogP contribution in [0.4, 0.5) is 26.3 Å². The van der Waals surface area contributed by atoms with E-state index in [9.17, 15) is 35.9 Å². The number of hydrogen-bond acceptors (Lipinski definition) is 4. The van der Waals surface area contributed by atoms with Gasteiger partial charge in [0.15, 0.2) is 0 Å². The van der Waals surface area contributed by atoms with Gasteiger partial charge in [-0.1, -0.05) is 0 Å². The molecule has 0 bridgehead atoms. The molecule has 0 spiro atoms. The molecule has 11 heteroatoms. The number of rotatable bonds is 3. The van der Waals surface area contributed by atoms with E-state index in [0.717, 1.165) is 0 Å². The lowest BCUT2D eigenvalue weighted by Crippen LogP contribution is -2.44. The number of fused-ring (bicyclic) bond motifs is 1. The highest BCUT2D eigenvalue weighted by Crippen LogP contribution is 2.45. The molecule has 1 saturated carbocycles. The normalized spacial score (nSPS) is 30.9. The number of carbonyl (C=O) groups excluding carboxylic acids is 2. The summed E-state index contributed by atoms with van der Waals surface area (Å²) in [6, 6.07) is 0. The van der Waals surface area contributed by atoms with Gasteiger partial charge in [0.2, 0.25) is 5.91 Å². The Labute approximate surface area is 126 Å². The van der Waals surface area contributed by atoms with Crippen molar-refractivity contribution in [1.82, 2.24) is 10.6 Å². The largest absolute Gasteiger partial charge is 0.490 e. The van der Waals surface area contributed by atoms with Gasteiger partial charge in [0.1, 0.15) is 12.1 Å². The van der Waals surface area contributed by atoms with Gasteiger partial charge in [-0.15, -0.1) is 0 Å². The van der Waals surface area contributed by atoms with Crippen molar-refractivity contribution in [3.05, 3.63) is 0 Å². The van der Waals surface area contributed by atoms with E-state index in [1.54, 1.807) is 5.32 Å². The van der Waals surface area contributed by atoms with Crippen molar-refractivity contribution < 1.29 is 40.7 Å². The zero-order valence-electron chi connectivity index (χ0n) is 11.7. The SMILES string of the molecule is O=C(NCC(F)(F)F)C1CC2CNCC2(OC(=O)C(F)(F)F)C1. The first-order valence-electron chi connectivity index (χ1n) is 6.78. The fourth-order valence-corrected chi connectivity index (χ4v) is 3.10. The van der Waals surface area contributed by atoms with Crippen LogP contribution in [0.5, 0.6) is 0 Å². The third-order valence-corrected chi connectivity index (χ3v) is 4.08. The van der Waals surface area contributed by atoms with Crippen molar-refractivity contribution in [2.24, 2.45) is 11.8 Å². The van der Waals surface area contributed by atoms with E-state index in [1.165, 1.54) is 0 Å². The lowest BCUT2D eigenvalue weighted by molar-refractivity contribution is -0.214. The van der Waals surface area contributed by atoms with Gasteiger partial charge in [-0.3, -0.25) is 4.79 Å². The van der Waals surface area contributed by atoms with E-state index in [1.807, 2.05) is 0 Å². The Bertz CT molecular complexity index is 492. The minimum absolute atomic E-state index is 0.0574. The highest BCUT2D eigenvalue weighted by atomic mass is 19.4. The maximum atomic E-state index is 12.4. The van der Waals surface area contributed by atoms with E-state index in [2.05, 4.69) is 10.1 Å². The zero-order chi connectivity index (χ0) is 17.5. The van der Waals surface area contributed by atoms with Crippen LogP contribution in [0, 0.1) is 11.8 Å². The second kappa shape index (κ2) is 5.84. The quantitative estimate of drug-likeness (QED) is 0.593. The minimum Gasteiger partial charge on any atom is -0.451 e. The molecule has 2 fully saturated rings. The van der Waals surface area contributed by atoms with E-state index in [-0.39, 0.29) is 25.9 Å². The van der Waals surface area contributed by atoms with Gasteiger partial charge in [0, 0.05) is 31.3 Å². The summed E-state index contributed by atoms with van der Waals surface area (Å²) in [7, 11) is 0. The third-order valence-electron chi connectivity index (χ3n) is 4.08. The average Bonchev–Trinajstić information content (AvgIpc) is 2.90. The predicted octanol–water partition coefficient (Wildman–Crippen LogP) is 1.14. The first-order valence-corrected chi connectivity index (χ1v) is 6.78. The molecule has 2 rings (SSSR count). The molecule has 2 N–H and O–H groups in total. The van der Waals surface area contributed by atoms with Crippen molar-refractivity contribution in [3.63, 3.8) is 0 Å². The number of alkyl halides is 6. The van der Waals surface area contributed by atoms with Crippen molar-refractivity contribution in [1.29, 1.82) is 0 Å². The molecule has 1 saturated heterocycles. The fraction of sp³-hybridized carbons (Fsp3) is 0.833. The molecule has 0 aromatic carbocycles. The van der Waals surface area contributed by atoms with Gasteiger partial charge < -0.3 is 15.4 Å². The van der Waals surface area contributed by atoms with Crippen molar-refractivity contribution in [2.75, 3.05) is 19.6 Å². The number of ether oxygens (including phenoxy) is 1. The maximum absolute atomic E-state index is 12.4. The fourth-order valence-electron chi connectivity index (χ4n) is 3.10. The Kier molecular flexibility index (Phi) is 4.53. The molecule has 1 heterocycles. The lowest BCUT2D eigenvalue weighted by Gasteiger charge is -2.29. The summed E-state index contributed by atoms with van der Waals surface area (Å²) in [6.45, 7) is -1.35. The number of halogens is 6. The molecule has 23 heavy (non-hydrogen) atoms. The molecule has 5 nitrogen and oxygen atoms in total. The molecule has 0 radical (unpaired) electrons. The molecule has 1 amide bonds. The van der Waals surface area contributed by atoms with Crippen molar-refractivity contribution in [2.45, 2.75) is 30.8 Å². The second-order valence-corrected chi connectivity index (χ2v) is 5.75. The smallest absolute Gasteiger partial charge is 0.451 e. The third kappa shape index (κ3) is 4.06. The van der Waals surface area contributed by atoms with Gasteiger partial charge in [-0.25, -0.2) is 4.79 Å². The predicted molar refractivity (Wildman–Crippen MR) is 63.0 cm³/mol. The van der Waals surface area contributed by atoms with Crippen molar-refractivity contribution >= 4 is 11.9 Å². The molecular weight excluding hydrogens is 334 g/mol. The van der Waals surface area contributed by atoms with Crippen LogP contribution in [0.2, 0.25) is 0 Å². The maximum Gasteiger partial charge on any atom is 0.490 e. The van der Waals surface area contributed by atoms with Crippen molar-refractivity contribution in [3.8, 4) is 0 Å². The summed E-state index contributed by atoms with van der Waals surface area (Å²) in [5.74, 6) is -4.73. The average molecular weight is 348 g/mol. The van der Waals surface area contributed by atoms with Crippen LogP contribution in [0.15, 0.2) is 0 Å². The number of nitrogens with one attached hydrogen (secondary N) is 2. The minimum atomic E-state index is -5.17. The van der Waals surface area contributed by atoms with Gasteiger partial charge in [0.25, 0.3) is 0 Å². The number of carbonyl (C=O) groups is 2. The Balaban J connectivity index is 2.02. The van der Waals surface area contributed by atoms with E-state index >= 15 is 0 Å². The van der Waals surface area contributed by atoms with Crippen LogP contribution in [-0.4, -0.2) is 49.5 Å². The second-order valence-electron chi connectivity index (χ2n) is 5.75. The Morgan fingerprint density at radius 3 is 2.43 bits per heavy atom. The first kappa shape index (κ1) is 17.8. The monoisotopic (exact) mass is 348 g/mol. The zero-order valence-corrected chi connectivity index (χ0v) is 11.7. The molecule has 1 aliphatic heterocycles. The van der Waals surface area contributed by atoms with E-state index < -0.39 is 48.2 Å². The lowest BCUT2D eigenvalue weighted by atomic mass is 9.94. The molecule has 0 aromatic heterocycles. The Morgan fingerprint density at radius 1 is 1.22 bits per heavy atom. The molecular formula is C12H14F6N2O3. The van der Waals surface area contributed by atoms with Gasteiger partial charge in [-0.05, 0) is 6.42 Å². The van der Waals surface area contributed by atoms with Crippen LogP contribution in [0.3, 0.4) is 0 Å². The summed E-state index contributed by atoms with van der Waals surface area (Å²) >= 11 is 0. The summed E-state index contributed by atoms with van der Waals surface area (Å²) in [5.41, 5.74) is -1.51. The van der Waals surface area contributed by atoms with Crippen LogP contribution in [0.25, 0.3) is 0 Å². The van der Waals surface area contributed by atoms with Crippen LogP contribution in [-0.2, 0) is 14.3 Å². The summed E-state index contributed by atoms with van der Waals surface area (Å²) in [5, 5.41) is 4.49. The van der Waals surface area contributed by atoms with E-state index in [4.69, 9.17) is 0 Å². The number of amides is 1. The number of esters is 1. The van der Waals surface area contributed by atoms with Gasteiger partial charge >= 0.3 is 18.3 Å². The Morgan fingerprint density at radius 2 is 1.87 bits per heavy atom. The summed E-state index contributed by atoms with van der Waals surface area (Å²) in [4.78, 5) is 22.8. The topological polar surface area (TPSA) is 67.4 Å². The van der Waals surface area contributed by atoms with Crippen LogP contribution < -0.4 is 10.6 Å². The Hall–Kier alpha value is -1.52. The van der Waals surface area contributed by atoms with Gasteiger partial charge in [-0.2, -0.15) is 26.3 Å². The van der Waals surface area contributed by atoms with E-state index in [0.29, 0.717) is 0 Å². The molecule has 132 valence electrons. The molecule has 1 aliphatic carbocycles. The standard InChI is InChI=1S/C12H14F6N2O3/c13-11(14,15)5-20-8(21)6-1-7-3-19-4-10(7,2-6)23-9(22)12(16,17)18/h6-7,19H,1-5H2,(H,20,21).